The molecule has 1 N–H and O–H groups in total. The summed E-state index contributed by atoms with van der Waals surface area (Å²) in [6, 6.07) is 19.9. The first kappa shape index (κ1) is 18.4. The van der Waals surface area contributed by atoms with Gasteiger partial charge in [0.15, 0.2) is 5.11 Å². The van der Waals surface area contributed by atoms with Gasteiger partial charge in [0, 0.05) is 41.9 Å². The molecule has 2 atom stereocenters. The molecule has 0 amide bonds. The van der Waals surface area contributed by atoms with Crippen molar-refractivity contribution in [3.63, 3.8) is 0 Å². The molecule has 30 heavy (non-hydrogen) atoms. The van der Waals surface area contributed by atoms with Crippen LogP contribution in [-0.4, -0.2) is 19.6 Å². The lowest BCUT2D eigenvalue weighted by Gasteiger charge is -2.29. The Morgan fingerprint density at radius 3 is 2.40 bits per heavy atom. The fourth-order valence-corrected chi connectivity index (χ4v) is 4.26. The van der Waals surface area contributed by atoms with Crippen molar-refractivity contribution in [2.75, 3.05) is 4.90 Å². The Balaban J connectivity index is 1.67. The third kappa shape index (κ3) is 3.23. The second kappa shape index (κ2) is 7.68. The lowest BCUT2D eigenvalue weighted by atomic mass is 10.0. The van der Waals surface area contributed by atoms with Crippen LogP contribution >= 0.6 is 12.2 Å². The van der Waals surface area contributed by atoms with E-state index in [9.17, 15) is 4.39 Å². The predicted octanol–water partition coefficient (Wildman–Crippen LogP) is 4.58. The number of halogens is 1. The van der Waals surface area contributed by atoms with Crippen molar-refractivity contribution < 1.29 is 4.39 Å². The highest BCUT2D eigenvalue weighted by Gasteiger charge is 2.42. The normalized spacial score (nSPS) is 18.4. The van der Waals surface area contributed by atoms with E-state index in [2.05, 4.69) is 25.9 Å². The van der Waals surface area contributed by atoms with Gasteiger partial charge in [0.05, 0.1) is 11.7 Å². The molecule has 1 saturated heterocycles. The van der Waals surface area contributed by atoms with Gasteiger partial charge in [0.1, 0.15) is 11.9 Å². The van der Waals surface area contributed by atoms with Crippen molar-refractivity contribution >= 4 is 23.0 Å². The smallest absolute Gasteiger partial charge is 0.174 e. The number of pyridine rings is 2. The van der Waals surface area contributed by atoms with Crippen LogP contribution in [0.5, 0.6) is 0 Å². The van der Waals surface area contributed by atoms with Gasteiger partial charge >= 0.3 is 0 Å². The number of nitrogens with one attached hydrogen (secondary N) is 1. The molecule has 5 rings (SSSR count). The molecule has 0 unspecified atom stereocenters. The topological polar surface area (TPSA) is 46.0 Å². The van der Waals surface area contributed by atoms with Crippen molar-refractivity contribution in [2.24, 2.45) is 0 Å². The number of rotatable bonds is 4. The number of hydrogen-bond acceptors (Lipinski definition) is 3. The highest BCUT2D eigenvalue weighted by Crippen LogP contribution is 2.42. The van der Waals surface area contributed by atoms with E-state index in [4.69, 9.17) is 12.2 Å². The summed E-state index contributed by atoms with van der Waals surface area (Å²) in [6.45, 7) is 0. The zero-order valence-electron chi connectivity index (χ0n) is 15.9. The molecule has 0 aliphatic carbocycles. The molecular formula is C23H18FN5S. The van der Waals surface area contributed by atoms with Crippen LogP contribution in [0.1, 0.15) is 23.5 Å². The minimum atomic E-state index is -0.283. The largest absolute Gasteiger partial charge is 0.351 e. The van der Waals surface area contributed by atoms with E-state index in [1.54, 1.807) is 30.7 Å². The van der Waals surface area contributed by atoms with Gasteiger partial charge in [-0.25, -0.2) is 4.39 Å². The van der Waals surface area contributed by atoms with Gasteiger partial charge in [0.2, 0.25) is 0 Å². The average Bonchev–Trinajstić information content (AvgIpc) is 3.40. The molecule has 1 aromatic carbocycles. The first-order valence-electron chi connectivity index (χ1n) is 9.56. The second-order valence-corrected chi connectivity index (χ2v) is 7.37. The van der Waals surface area contributed by atoms with Gasteiger partial charge < -0.3 is 14.8 Å². The molecule has 7 heteroatoms. The van der Waals surface area contributed by atoms with Gasteiger partial charge in [0.25, 0.3) is 0 Å². The summed E-state index contributed by atoms with van der Waals surface area (Å²) in [5.41, 5.74) is 3.74. The average molecular weight is 415 g/mol. The molecule has 0 radical (unpaired) electrons. The molecule has 1 aliphatic heterocycles. The SMILES string of the molecule is Fc1ccc(N2C(=S)N[C@@H](c3ccccn3)[C@@H]2c2cccn2-c2ccncc2)cc1. The summed E-state index contributed by atoms with van der Waals surface area (Å²) in [5, 5.41) is 4.00. The molecule has 4 heterocycles. The van der Waals surface area contributed by atoms with E-state index in [0.717, 1.165) is 22.8 Å². The lowest BCUT2D eigenvalue weighted by molar-refractivity contribution is 0.549. The Hall–Kier alpha value is -3.58. The Morgan fingerprint density at radius 1 is 0.867 bits per heavy atom. The van der Waals surface area contributed by atoms with Crippen LogP contribution in [0, 0.1) is 5.82 Å². The molecule has 1 fully saturated rings. The highest BCUT2D eigenvalue weighted by atomic mass is 32.1. The van der Waals surface area contributed by atoms with Crippen LogP contribution in [-0.2, 0) is 0 Å². The van der Waals surface area contributed by atoms with Crippen molar-refractivity contribution in [1.82, 2.24) is 19.9 Å². The van der Waals surface area contributed by atoms with Crippen LogP contribution in [0.2, 0.25) is 0 Å². The van der Waals surface area contributed by atoms with E-state index in [0.29, 0.717) is 5.11 Å². The van der Waals surface area contributed by atoms with Gasteiger partial charge in [-0.3, -0.25) is 9.97 Å². The van der Waals surface area contributed by atoms with Gasteiger partial charge in [-0.15, -0.1) is 0 Å². The Labute approximate surface area is 178 Å². The molecule has 1 aliphatic rings. The fourth-order valence-electron chi connectivity index (χ4n) is 3.91. The van der Waals surface area contributed by atoms with E-state index in [1.165, 1.54) is 12.1 Å². The Kier molecular flexibility index (Phi) is 4.72. The van der Waals surface area contributed by atoms with Crippen LogP contribution in [0.15, 0.2) is 91.5 Å². The molecule has 0 bridgehead atoms. The molecule has 148 valence electrons. The minimum Gasteiger partial charge on any atom is -0.351 e. The molecular weight excluding hydrogens is 397 g/mol. The summed E-state index contributed by atoms with van der Waals surface area (Å²) in [7, 11) is 0. The summed E-state index contributed by atoms with van der Waals surface area (Å²) in [6.07, 6.45) is 7.33. The Morgan fingerprint density at radius 2 is 1.67 bits per heavy atom. The van der Waals surface area contributed by atoms with Gasteiger partial charge in [-0.1, -0.05) is 6.07 Å². The number of thiocarbonyl (C=S) groups is 1. The highest BCUT2D eigenvalue weighted by molar-refractivity contribution is 7.80. The third-order valence-corrected chi connectivity index (χ3v) is 5.54. The van der Waals surface area contributed by atoms with Crippen molar-refractivity contribution in [3.8, 4) is 5.69 Å². The second-order valence-electron chi connectivity index (χ2n) is 6.98. The quantitative estimate of drug-likeness (QED) is 0.494. The van der Waals surface area contributed by atoms with Crippen LogP contribution < -0.4 is 10.2 Å². The molecule has 3 aromatic heterocycles. The van der Waals surface area contributed by atoms with E-state index < -0.39 is 0 Å². The third-order valence-electron chi connectivity index (χ3n) is 5.23. The van der Waals surface area contributed by atoms with Crippen LogP contribution in [0.25, 0.3) is 5.69 Å². The zero-order chi connectivity index (χ0) is 20.5. The number of hydrogen-bond donors (Lipinski definition) is 1. The zero-order valence-corrected chi connectivity index (χ0v) is 16.7. The van der Waals surface area contributed by atoms with Crippen molar-refractivity contribution in [3.05, 3.63) is 109 Å². The molecule has 0 spiro atoms. The van der Waals surface area contributed by atoms with Crippen LogP contribution in [0.3, 0.4) is 0 Å². The van der Waals surface area contributed by atoms with Crippen LogP contribution in [0.4, 0.5) is 10.1 Å². The Bertz CT molecular complexity index is 1160. The van der Waals surface area contributed by atoms with Gasteiger partial charge in [-0.2, -0.15) is 0 Å². The predicted molar refractivity (Wildman–Crippen MR) is 118 cm³/mol. The number of benzene rings is 1. The maximum Gasteiger partial charge on any atom is 0.174 e. The maximum absolute atomic E-state index is 13.6. The molecule has 0 saturated carbocycles. The van der Waals surface area contributed by atoms with E-state index in [-0.39, 0.29) is 17.9 Å². The molecule has 4 aromatic rings. The first-order chi connectivity index (χ1) is 14.7. The van der Waals surface area contributed by atoms with Gasteiger partial charge in [-0.05, 0) is 72.9 Å². The lowest BCUT2D eigenvalue weighted by Crippen LogP contribution is -2.30. The maximum atomic E-state index is 13.6. The van der Waals surface area contributed by atoms with Crippen molar-refractivity contribution in [2.45, 2.75) is 12.1 Å². The van der Waals surface area contributed by atoms with E-state index >= 15 is 0 Å². The summed E-state index contributed by atoms with van der Waals surface area (Å²) in [5.74, 6) is -0.283. The minimum absolute atomic E-state index is 0.167. The number of aromatic nitrogens is 3. The summed E-state index contributed by atoms with van der Waals surface area (Å²) in [4.78, 5) is 10.7. The number of nitrogens with zero attached hydrogens (tertiary/aromatic N) is 4. The summed E-state index contributed by atoms with van der Waals surface area (Å²) < 4.78 is 15.7. The monoisotopic (exact) mass is 415 g/mol. The fraction of sp³-hybridized carbons (Fsp3) is 0.0870. The van der Waals surface area contributed by atoms with E-state index in [1.807, 2.05) is 47.5 Å². The standard InChI is InChI=1S/C23H18FN5S/c24-16-6-8-18(9-7-16)29-22(21(27-23(29)30)19-4-1-2-12-26-19)20-5-3-15-28(20)17-10-13-25-14-11-17/h1-15,21-22H,(H,27,30)/t21-,22-/m0/s1. The number of anilines is 1. The first-order valence-corrected chi connectivity index (χ1v) is 9.97. The molecule has 5 nitrogen and oxygen atoms in total. The summed E-state index contributed by atoms with van der Waals surface area (Å²) >= 11 is 5.72. The van der Waals surface area contributed by atoms with Crippen molar-refractivity contribution in [1.29, 1.82) is 0 Å².